The SMILES string of the molecule is Cc1n[nH]c(C)c1CC(=O)Nc1ccc(O)c(C(=O)OC(C)(C)C)c1. The van der Waals surface area contributed by atoms with Crippen LogP contribution in [0, 0.1) is 13.8 Å². The van der Waals surface area contributed by atoms with E-state index in [1.54, 1.807) is 20.8 Å². The number of phenolic OH excluding ortho intramolecular Hbond substituents is 1. The molecule has 0 unspecified atom stereocenters. The minimum Gasteiger partial charge on any atom is -0.507 e. The fourth-order valence-electron chi connectivity index (χ4n) is 2.31. The normalized spacial score (nSPS) is 11.2. The Hall–Kier alpha value is -2.83. The lowest BCUT2D eigenvalue weighted by atomic mass is 10.1. The number of ether oxygens (including phenoxy) is 1. The number of carbonyl (C=O) groups excluding carboxylic acids is 2. The number of anilines is 1. The quantitative estimate of drug-likeness (QED) is 0.584. The van der Waals surface area contributed by atoms with Gasteiger partial charge in [-0.2, -0.15) is 5.10 Å². The van der Waals surface area contributed by atoms with Gasteiger partial charge < -0.3 is 15.2 Å². The number of nitrogens with one attached hydrogen (secondary N) is 2. The first-order valence-electron chi connectivity index (χ1n) is 7.93. The molecule has 1 aromatic heterocycles. The highest BCUT2D eigenvalue weighted by atomic mass is 16.6. The molecule has 0 radical (unpaired) electrons. The maximum atomic E-state index is 12.2. The molecule has 0 saturated carbocycles. The van der Waals surface area contributed by atoms with Crippen molar-refractivity contribution in [2.75, 3.05) is 5.32 Å². The van der Waals surface area contributed by atoms with Gasteiger partial charge in [-0.05, 0) is 52.8 Å². The van der Waals surface area contributed by atoms with E-state index < -0.39 is 11.6 Å². The van der Waals surface area contributed by atoms with Crippen LogP contribution >= 0.6 is 0 Å². The molecule has 0 fully saturated rings. The second-order valence-corrected chi connectivity index (χ2v) is 6.87. The highest BCUT2D eigenvalue weighted by Gasteiger charge is 2.21. The first-order valence-corrected chi connectivity index (χ1v) is 7.93. The number of H-pyrrole nitrogens is 1. The van der Waals surface area contributed by atoms with E-state index >= 15 is 0 Å². The zero-order valence-electron chi connectivity index (χ0n) is 15.1. The van der Waals surface area contributed by atoms with Gasteiger partial charge in [-0.25, -0.2) is 4.79 Å². The summed E-state index contributed by atoms with van der Waals surface area (Å²) in [7, 11) is 0. The highest BCUT2D eigenvalue weighted by molar-refractivity contribution is 5.97. The molecule has 0 saturated heterocycles. The first kappa shape index (κ1) is 18.5. The van der Waals surface area contributed by atoms with Crippen molar-refractivity contribution in [1.82, 2.24) is 10.2 Å². The van der Waals surface area contributed by atoms with E-state index in [0.29, 0.717) is 5.69 Å². The predicted molar refractivity (Wildman–Crippen MR) is 93.7 cm³/mol. The minimum atomic E-state index is -0.681. The maximum Gasteiger partial charge on any atom is 0.342 e. The van der Waals surface area contributed by atoms with Crippen molar-refractivity contribution in [3.63, 3.8) is 0 Å². The van der Waals surface area contributed by atoms with Gasteiger partial charge >= 0.3 is 5.97 Å². The van der Waals surface area contributed by atoms with E-state index in [1.807, 2.05) is 13.8 Å². The predicted octanol–water partition coefficient (Wildman–Crippen LogP) is 2.87. The van der Waals surface area contributed by atoms with Crippen LogP contribution in [0.5, 0.6) is 5.75 Å². The summed E-state index contributed by atoms with van der Waals surface area (Å²) in [6, 6.07) is 4.27. The maximum absolute atomic E-state index is 12.2. The van der Waals surface area contributed by atoms with Gasteiger partial charge in [-0.15, -0.1) is 0 Å². The lowest BCUT2D eigenvalue weighted by Gasteiger charge is -2.20. The summed E-state index contributed by atoms with van der Waals surface area (Å²) in [5, 5.41) is 19.5. The number of phenols is 1. The van der Waals surface area contributed by atoms with Gasteiger partial charge in [-0.3, -0.25) is 9.89 Å². The van der Waals surface area contributed by atoms with E-state index in [0.717, 1.165) is 17.0 Å². The Bertz CT molecular complexity index is 784. The fourth-order valence-corrected chi connectivity index (χ4v) is 2.31. The number of aromatic hydroxyl groups is 1. The van der Waals surface area contributed by atoms with Gasteiger partial charge in [0.2, 0.25) is 5.91 Å². The number of aromatic nitrogens is 2. The molecule has 25 heavy (non-hydrogen) atoms. The lowest BCUT2D eigenvalue weighted by molar-refractivity contribution is -0.115. The van der Waals surface area contributed by atoms with Crippen LogP contribution in [0.2, 0.25) is 0 Å². The standard InChI is InChI=1S/C18H23N3O4/c1-10-13(11(2)21-20-10)9-16(23)19-12-6-7-15(22)14(8-12)17(24)25-18(3,4)5/h6-8,22H,9H2,1-5H3,(H,19,23)(H,20,21). The fraction of sp³-hybridized carbons (Fsp3) is 0.389. The molecule has 3 N–H and O–H groups in total. The monoisotopic (exact) mass is 345 g/mol. The minimum absolute atomic E-state index is 0.00315. The zero-order valence-corrected chi connectivity index (χ0v) is 15.1. The molecule has 1 heterocycles. The van der Waals surface area contributed by atoms with Crippen molar-refractivity contribution in [2.24, 2.45) is 0 Å². The molecule has 1 amide bonds. The third kappa shape index (κ3) is 4.82. The Morgan fingerprint density at radius 3 is 2.52 bits per heavy atom. The highest BCUT2D eigenvalue weighted by Crippen LogP contribution is 2.24. The summed E-state index contributed by atoms with van der Waals surface area (Å²) in [6.45, 7) is 8.90. The number of aromatic amines is 1. The third-order valence-corrected chi connectivity index (χ3v) is 3.52. The molecule has 0 bridgehead atoms. The van der Waals surface area contributed by atoms with Crippen LogP contribution in [0.15, 0.2) is 18.2 Å². The summed E-state index contributed by atoms with van der Waals surface area (Å²) >= 11 is 0. The number of carbonyl (C=O) groups is 2. The van der Waals surface area contributed by atoms with Crippen molar-refractivity contribution in [2.45, 2.75) is 46.6 Å². The molecule has 7 nitrogen and oxygen atoms in total. The molecule has 0 aliphatic heterocycles. The Morgan fingerprint density at radius 2 is 1.96 bits per heavy atom. The summed E-state index contributed by atoms with van der Waals surface area (Å²) < 4.78 is 5.26. The Morgan fingerprint density at radius 1 is 1.28 bits per heavy atom. The lowest BCUT2D eigenvalue weighted by Crippen LogP contribution is -2.24. The van der Waals surface area contributed by atoms with Crippen LogP contribution in [0.1, 0.15) is 48.1 Å². The van der Waals surface area contributed by atoms with Gasteiger partial charge in [-0.1, -0.05) is 0 Å². The molecular formula is C18H23N3O4. The van der Waals surface area contributed by atoms with Crippen molar-refractivity contribution in [3.05, 3.63) is 40.7 Å². The summed E-state index contributed by atoms with van der Waals surface area (Å²) in [5.74, 6) is -1.09. The second kappa shape index (κ2) is 6.96. The van der Waals surface area contributed by atoms with Gasteiger partial charge in [0.1, 0.15) is 16.9 Å². The summed E-state index contributed by atoms with van der Waals surface area (Å²) in [6.07, 6.45) is 0.164. The number of benzene rings is 1. The summed E-state index contributed by atoms with van der Waals surface area (Å²) in [4.78, 5) is 24.4. The number of rotatable bonds is 4. The molecular weight excluding hydrogens is 322 g/mol. The smallest absolute Gasteiger partial charge is 0.342 e. The van der Waals surface area contributed by atoms with Gasteiger partial charge in [0.05, 0.1) is 12.1 Å². The van der Waals surface area contributed by atoms with E-state index in [1.165, 1.54) is 18.2 Å². The van der Waals surface area contributed by atoms with Crippen molar-refractivity contribution >= 4 is 17.6 Å². The number of aryl methyl sites for hydroxylation is 2. The number of hydrogen-bond donors (Lipinski definition) is 3. The first-order chi connectivity index (χ1) is 11.6. The van der Waals surface area contributed by atoms with Crippen LogP contribution in [0.25, 0.3) is 0 Å². The number of hydrogen-bond acceptors (Lipinski definition) is 5. The molecule has 7 heteroatoms. The molecule has 0 spiro atoms. The zero-order chi connectivity index (χ0) is 18.8. The average molecular weight is 345 g/mol. The third-order valence-electron chi connectivity index (χ3n) is 3.52. The van der Waals surface area contributed by atoms with Crippen LogP contribution in [0.4, 0.5) is 5.69 Å². The largest absolute Gasteiger partial charge is 0.507 e. The van der Waals surface area contributed by atoms with Crippen LogP contribution < -0.4 is 5.32 Å². The molecule has 2 aromatic rings. The van der Waals surface area contributed by atoms with E-state index in [2.05, 4.69) is 15.5 Å². The van der Waals surface area contributed by atoms with Crippen molar-refractivity contribution < 1.29 is 19.4 Å². The van der Waals surface area contributed by atoms with Crippen LogP contribution in [0.3, 0.4) is 0 Å². The average Bonchev–Trinajstić information content (AvgIpc) is 2.79. The van der Waals surface area contributed by atoms with Crippen molar-refractivity contribution in [1.29, 1.82) is 0 Å². The van der Waals surface area contributed by atoms with Crippen molar-refractivity contribution in [3.8, 4) is 5.75 Å². The topological polar surface area (TPSA) is 104 Å². The summed E-state index contributed by atoms with van der Waals surface area (Å²) in [5.41, 5.74) is 2.18. The second-order valence-electron chi connectivity index (χ2n) is 6.87. The molecule has 0 atom stereocenters. The molecule has 0 aliphatic carbocycles. The Kier molecular flexibility index (Phi) is 5.15. The molecule has 134 valence electrons. The molecule has 2 rings (SSSR count). The van der Waals surface area contributed by atoms with E-state index in [4.69, 9.17) is 4.74 Å². The molecule has 0 aliphatic rings. The number of amides is 1. The van der Waals surface area contributed by atoms with E-state index in [-0.39, 0.29) is 23.6 Å². The van der Waals surface area contributed by atoms with Gasteiger partial charge in [0, 0.05) is 16.9 Å². The van der Waals surface area contributed by atoms with Crippen LogP contribution in [-0.2, 0) is 16.0 Å². The van der Waals surface area contributed by atoms with Crippen LogP contribution in [-0.4, -0.2) is 32.8 Å². The molecule has 1 aromatic carbocycles. The number of nitrogens with zero attached hydrogens (tertiary/aromatic N) is 1. The Balaban J connectivity index is 2.14. The van der Waals surface area contributed by atoms with Gasteiger partial charge in [0.15, 0.2) is 0 Å². The van der Waals surface area contributed by atoms with E-state index in [9.17, 15) is 14.7 Å². The Labute approximate surface area is 146 Å². The number of esters is 1. The van der Waals surface area contributed by atoms with Gasteiger partial charge in [0.25, 0.3) is 0 Å².